The molecule has 0 spiro atoms. The van der Waals surface area contributed by atoms with Gasteiger partial charge in [0.1, 0.15) is 11.9 Å². The Bertz CT molecular complexity index is 1350. The van der Waals surface area contributed by atoms with Gasteiger partial charge < -0.3 is 9.84 Å². The molecule has 0 radical (unpaired) electrons. The Labute approximate surface area is 265 Å². The van der Waals surface area contributed by atoms with Crippen molar-refractivity contribution in [3.63, 3.8) is 0 Å². The normalized spacial score (nSPS) is 45.0. The number of carbonyl (C=O) groups is 2. The van der Waals surface area contributed by atoms with Crippen LogP contribution in [-0.2, 0) is 9.53 Å². The molecule has 11 atom stereocenters. The van der Waals surface area contributed by atoms with Gasteiger partial charge in [-0.15, -0.1) is 0 Å². The predicted molar refractivity (Wildman–Crippen MR) is 170 cm³/mol. The number of rotatable bonds is 3. The fraction of sp³-hybridized carbons (Fsp3) is 0.730. The van der Waals surface area contributed by atoms with Crippen LogP contribution >= 0.6 is 15.9 Å². The van der Waals surface area contributed by atoms with Gasteiger partial charge in [-0.05, 0) is 121 Å². The Morgan fingerprint density at radius 2 is 1.72 bits per heavy atom. The second kappa shape index (κ2) is 10.4. The van der Waals surface area contributed by atoms with Crippen molar-refractivity contribution in [3.8, 4) is 0 Å². The molecule has 236 valence electrons. The molecule has 0 heterocycles. The quantitative estimate of drug-likeness (QED) is 0.260. The van der Waals surface area contributed by atoms with E-state index in [1.54, 1.807) is 11.6 Å². The van der Waals surface area contributed by atoms with Crippen molar-refractivity contribution in [3.05, 3.63) is 45.7 Å². The van der Waals surface area contributed by atoms with E-state index in [0.717, 1.165) is 51.4 Å². The number of aliphatic carboxylic acids is 1. The van der Waals surface area contributed by atoms with Crippen LogP contribution in [0.5, 0.6) is 0 Å². The predicted octanol–water partition coefficient (Wildman–Crippen LogP) is 9.71. The second-order valence-electron chi connectivity index (χ2n) is 16.4. The van der Waals surface area contributed by atoms with E-state index in [1.807, 2.05) is 0 Å². The van der Waals surface area contributed by atoms with Gasteiger partial charge in [-0.1, -0.05) is 76.0 Å². The summed E-state index contributed by atoms with van der Waals surface area (Å²) < 4.78 is 21.4. The van der Waals surface area contributed by atoms with Gasteiger partial charge in [0.05, 0.1) is 11.5 Å². The molecule has 1 N–H and O–H groups in total. The first kappa shape index (κ1) is 31.3. The highest BCUT2D eigenvalue weighted by atomic mass is 79.9. The fourth-order valence-electron chi connectivity index (χ4n) is 11.9. The summed E-state index contributed by atoms with van der Waals surface area (Å²) in [5.74, 6) is 0.445. The molecule has 4 saturated carbocycles. The second-order valence-corrected chi connectivity index (χ2v) is 17.3. The fourth-order valence-corrected chi connectivity index (χ4v) is 12.3. The van der Waals surface area contributed by atoms with Crippen LogP contribution in [0.3, 0.4) is 0 Å². The first-order valence-corrected chi connectivity index (χ1v) is 17.4. The maximum Gasteiger partial charge on any atom is 0.341 e. The summed E-state index contributed by atoms with van der Waals surface area (Å²) in [5.41, 5.74) is 1.62. The minimum absolute atomic E-state index is 0.00609. The van der Waals surface area contributed by atoms with Gasteiger partial charge >= 0.3 is 11.9 Å². The van der Waals surface area contributed by atoms with E-state index in [2.05, 4.69) is 70.5 Å². The maximum atomic E-state index is 14.6. The van der Waals surface area contributed by atoms with Crippen LogP contribution in [0.2, 0.25) is 0 Å². The summed E-state index contributed by atoms with van der Waals surface area (Å²) in [5, 5.41) is 10.2. The van der Waals surface area contributed by atoms with Crippen molar-refractivity contribution in [2.75, 3.05) is 0 Å². The highest BCUT2D eigenvalue weighted by molar-refractivity contribution is 9.10. The van der Waals surface area contributed by atoms with Gasteiger partial charge in [0.25, 0.3) is 0 Å². The third kappa shape index (κ3) is 4.45. The first-order valence-electron chi connectivity index (χ1n) is 16.7. The lowest BCUT2D eigenvalue weighted by atomic mass is 9.34. The summed E-state index contributed by atoms with van der Waals surface area (Å²) in [6.07, 6.45) is 10.2. The molecule has 43 heavy (non-hydrogen) atoms. The lowest BCUT2D eigenvalue weighted by Gasteiger charge is -2.71. The van der Waals surface area contributed by atoms with E-state index in [0.29, 0.717) is 34.1 Å². The Kier molecular flexibility index (Phi) is 7.59. The molecule has 4 fully saturated rings. The maximum absolute atomic E-state index is 14.6. The minimum atomic E-state index is -0.603. The SMILES string of the molecule is C[C@@H]1C[C@@H](C(=O)O)C2CC[C@]3(C)C(=CCC4[C@@]5(C)CC[C@H](OC(=O)c6ccc(Br)cc6F)C(C)(C)C5CC[C@]43C)C2[C@H]1C. The van der Waals surface area contributed by atoms with Crippen LogP contribution in [0.25, 0.3) is 0 Å². The van der Waals surface area contributed by atoms with Gasteiger partial charge in [0, 0.05) is 9.89 Å². The number of carbonyl (C=O) groups excluding carboxylic acids is 1. The number of carboxylic acids is 1. The van der Waals surface area contributed by atoms with Gasteiger partial charge in [-0.3, -0.25) is 4.79 Å². The van der Waals surface area contributed by atoms with E-state index in [1.165, 1.54) is 12.1 Å². The van der Waals surface area contributed by atoms with Crippen LogP contribution in [-0.4, -0.2) is 23.1 Å². The minimum Gasteiger partial charge on any atom is -0.481 e. The van der Waals surface area contributed by atoms with E-state index < -0.39 is 17.8 Å². The summed E-state index contributed by atoms with van der Waals surface area (Å²) in [7, 11) is 0. The Hall–Kier alpha value is -1.69. The molecule has 5 aliphatic rings. The Balaban J connectivity index is 1.30. The Morgan fingerprint density at radius 1 is 1.00 bits per heavy atom. The summed E-state index contributed by atoms with van der Waals surface area (Å²) >= 11 is 3.27. The monoisotopic (exact) mass is 656 g/mol. The average molecular weight is 658 g/mol. The van der Waals surface area contributed by atoms with Crippen LogP contribution in [0.1, 0.15) is 110 Å². The third-order valence-corrected chi connectivity index (χ3v) is 15.1. The third-order valence-electron chi connectivity index (χ3n) is 14.6. The standard InChI is InChI=1S/C37H50BrFO4/c1-20-18-25(32(40)41)23-12-16-36(6)26(31(23)21(20)2)10-11-29-35(5)15-14-30(34(3,4)28(35)13-17-37(29,36)7)43-33(42)24-9-8-22(38)19-27(24)39/h8-10,19-21,23,25,28-31H,11-18H2,1-7H3,(H,40,41)/t20-,21+,23?,25-,28?,29?,30+,31?,35+,36-,37-/m1/s1. The summed E-state index contributed by atoms with van der Waals surface area (Å²) in [6, 6.07) is 4.50. The van der Waals surface area contributed by atoms with Crippen molar-refractivity contribution < 1.29 is 23.8 Å². The van der Waals surface area contributed by atoms with Gasteiger partial charge in [-0.25, -0.2) is 9.18 Å². The lowest BCUT2D eigenvalue weighted by molar-refractivity contribution is -0.202. The molecule has 0 aliphatic heterocycles. The molecule has 0 aromatic heterocycles. The molecule has 0 amide bonds. The number of hydrogen-bond donors (Lipinski definition) is 1. The van der Waals surface area contributed by atoms with E-state index >= 15 is 0 Å². The molecule has 0 bridgehead atoms. The number of fused-ring (bicyclic) bond motifs is 7. The van der Waals surface area contributed by atoms with Gasteiger partial charge in [0.15, 0.2) is 0 Å². The summed E-state index contributed by atoms with van der Waals surface area (Å²) in [6.45, 7) is 16.8. The van der Waals surface area contributed by atoms with Gasteiger partial charge in [0.2, 0.25) is 0 Å². The molecular formula is C37H50BrFO4. The number of halogens is 2. The van der Waals surface area contributed by atoms with E-state index in [9.17, 15) is 19.1 Å². The van der Waals surface area contributed by atoms with Crippen LogP contribution in [0.15, 0.2) is 34.3 Å². The molecule has 1 aromatic carbocycles. The van der Waals surface area contributed by atoms with Crippen molar-refractivity contribution in [2.45, 2.75) is 106 Å². The zero-order valence-corrected chi connectivity index (χ0v) is 28.6. The smallest absolute Gasteiger partial charge is 0.341 e. The first-order chi connectivity index (χ1) is 20.1. The molecule has 6 heteroatoms. The molecule has 6 rings (SSSR count). The number of carboxylic acid groups (broad SMARTS) is 1. The molecule has 0 saturated heterocycles. The molecule has 1 aromatic rings. The zero-order valence-electron chi connectivity index (χ0n) is 27.0. The van der Waals surface area contributed by atoms with E-state index in [-0.39, 0.29) is 45.2 Å². The molecule has 4 nitrogen and oxygen atoms in total. The van der Waals surface area contributed by atoms with Crippen LogP contribution in [0, 0.1) is 68.9 Å². The van der Waals surface area contributed by atoms with Crippen LogP contribution < -0.4 is 0 Å². The lowest BCUT2D eigenvalue weighted by Crippen LogP contribution is -2.64. The molecule has 5 aliphatic carbocycles. The van der Waals surface area contributed by atoms with Gasteiger partial charge in [-0.2, -0.15) is 0 Å². The molecular weight excluding hydrogens is 607 g/mol. The number of allylic oxidation sites excluding steroid dienone is 2. The van der Waals surface area contributed by atoms with E-state index in [4.69, 9.17) is 4.74 Å². The highest BCUT2D eigenvalue weighted by Crippen LogP contribution is 2.74. The van der Waals surface area contributed by atoms with Crippen molar-refractivity contribution in [1.29, 1.82) is 0 Å². The Morgan fingerprint density at radius 3 is 2.40 bits per heavy atom. The van der Waals surface area contributed by atoms with Crippen LogP contribution in [0.4, 0.5) is 4.39 Å². The van der Waals surface area contributed by atoms with Crippen molar-refractivity contribution in [2.24, 2.45) is 63.1 Å². The van der Waals surface area contributed by atoms with Crippen molar-refractivity contribution in [1.82, 2.24) is 0 Å². The highest BCUT2D eigenvalue weighted by Gasteiger charge is 2.68. The number of esters is 1. The number of ether oxygens (including phenoxy) is 1. The van der Waals surface area contributed by atoms with Crippen molar-refractivity contribution >= 4 is 27.9 Å². The summed E-state index contributed by atoms with van der Waals surface area (Å²) in [4.78, 5) is 25.5. The average Bonchev–Trinajstić information content (AvgIpc) is 2.92. The number of hydrogen-bond acceptors (Lipinski definition) is 3. The number of benzene rings is 1. The zero-order chi connectivity index (χ0) is 31.3. The topological polar surface area (TPSA) is 63.6 Å². The molecule has 4 unspecified atom stereocenters. The largest absolute Gasteiger partial charge is 0.481 e.